The summed E-state index contributed by atoms with van der Waals surface area (Å²) in [7, 11) is -3.57. The third-order valence-corrected chi connectivity index (χ3v) is 7.48. The molecular weight excluding hydrogens is 404 g/mol. The molecule has 1 fully saturated rings. The molecule has 2 aromatic carbocycles. The fraction of sp³-hybridized carbons (Fsp3) is 0.364. The lowest BCUT2D eigenvalue weighted by Crippen LogP contribution is -2.42. The first kappa shape index (κ1) is 22.0. The molecule has 0 atom stereocenters. The number of benzene rings is 2. The summed E-state index contributed by atoms with van der Waals surface area (Å²) in [4.78, 5) is 23.8. The minimum absolute atomic E-state index is 0.140. The summed E-state index contributed by atoms with van der Waals surface area (Å²) < 4.78 is 27.2. The zero-order valence-electron chi connectivity index (χ0n) is 17.1. The smallest absolute Gasteiger partial charge is 0.335 e. The first-order valence-electron chi connectivity index (χ1n) is 9.86. The molecule has 1 saturated heterocycles. The average Bonchev–Trinajstić information content (AvgIpc) is 2.74. The van der Waals surface area contributed by atoms with Crippen LogP contribution in [0.25, 0.3) is 0 Å². The van der Waals surface area contributed by atoms with E-state index in [1.807, 2.05) is 19.9 Å². The number of piperidine rings is 1. The van der Waals surface area contributed by atoms with E-state index in [4.69, 9.17) is 5.11 Å². The molecule has 2 N–H and O–H groups in total. The van der Waals surface area contributed by atoms with E-state index in [0.29, 0.717) is 31.5 Å². The number of carbonyl (C=O) groups excluding carboxylic acids is 1. The van der Waals surface area contributed by atoms with Gasteiger partial charge >= 0.3 is 5.97 Å². The van der Waals surface area contributed by atoms with Crippen molar-refractivity contribution in [1.29, 1.82) is 0 Å². The van der Waals surface area contributed by atoms with Crippen LogP contribution in [-0.4, -0.2) is 42.8 Å². The molecule has 1 aliphatic rings. The van der Waals surface area contributed by atoms with Crippen molar-refractivity contribution < 1.29 is 23.1 Å². The average molecular weight is 431 g/mol. The highest BCUT2D eigenvalue weighted by atomic mass is 32.2. The summed E-state index contributed by atoms with van der Waals surface area (Å²) in [5, 5.41) is 11.9. The minimum atomic E-state index is -3.57. The predicted octanol–water partition coefficient (Wildman–Crippen LogP) is 2.72. The lowest BCUT2D eigenvalue weighted by Gasteiger charge is -2.30. The number of nitrogens with one attached hydrogen (secondary N) is 1. The van der Waals surface area contributed by atoms with Gasteiger partial charge in [0.05, 0.1) is 10.5 Å². The van der Waals surface area contributed by atoms with Gasteiger partial charge in [-0.15, -0.1) is 0 Å². The fourth-order valence-corrected chi connectivity index (χ4v) is 5.09. The van der Waals surface area contributed by atoms with Gasteiger partial charge in [0.2, 0.25) is 15.9 Å². The Balaban J connectivity index is 1.57. The standard InChI is InChI=1S/C22H26N2O5S/c1-15-6-7-20(12-16(15)2)30(28,29)24-10-8-18(9-11-24)21(25)23-14-17-4-3-5-19(13-17)22(26)27/h3-7,12-13,18H,8-11,14H2,1-2H3,(H,23,25)(H,26,27). The van der Waals surface area contributed by atoms with Crippen molar-refractivity contribution in [1.82, 2.24) is 9.62 Å². The van der Waals surface area contributed by atoms with Gasteiger partial charge in [-0.1, -0.05) is 18.2 Å². The van der Waals surface area contributed by atoms with Crippen molar-refractivity contribution in [2.75, 3.05) is 13.1 Å². The van der Waals surface area contributed by atoms with E-state index < -0.39 is 16.0 Å². The minimum Gasteiger partial charge on any atom is -0.478 e. The predicted molar refractivity (Wildman–Crippen MR) is 113 cm³/mol. The molecule has 30 heavy (non-hydrogen) atoms. The highest BCUT2D eigenvalue weighted by Crippen LogP contribution is 2.25. The third-order valence-electron chi connectivity index (χ3n) is 5.58. The molecule has 7 nitrogen and oxygen atoms in total. The third kappa shape index (κ3) is 4.88. The second-order valence-corrected chi connectivity index (χ2v) is 9.59. The Hall–Kier alpha value is -2.71. The Kier molecular flexibility index (Phi) is 6.58. The van der Waals surface area contributed by atoms with Crippen molar-refractivity contribution in [3.05, 3.63) is 64.7 Å². The molecule has 8 heteroatoms. The van der Waals surface area contributed by atoms with Crippen LogP contribution in [0.3, 0.4) is 0 Å². The number of rotatable bonds is 6. The normalized spacial score (nSPS) is 15.7. The number of hydrogen-bond acceptors (Lipinski definition) is 4. The molecule has 0 radical (unpaired) electrons. The van der Waals surface area contributed by atoms with E-state index in [0.717, 1.165) is 11.1 Å². The maximum atomic E-state index is 12.9. The van der Waals surface area contributed by atoms with Gasteiger partial charge in [-0.2, -0.15) is 4.31 Å². The van der Waals surface area contributed by atoms with Gasteiger partial charge in [0, 0.05) is 25.6 Å². The van der Waals surface area contributed by atoms with E-state index in [-0.39, 0.29) is 28.8 Å². The number of aromatic carboxylic acids is 1. The van der Waals surface area contributed by atoms with Crippen LogP contribution in [-0.2, 0) is 21.4 Å². The molecule has 1 heterocycles. The highest BCUT2D eigenvalue weighted by molar-refractivity contribution is 7.89. The maximum absolute atomic E-state index is 12.9. The summed E-state index contributed by atoms with van der Waals surface area (Å²) in [5.41, 5.74) is 2.85. The van der Waals surface area contributed by atoms with Gasteiger partial charge in [0.25, 0.3) is 0 Å². The van der Waals surface area contributed by atoms with Gasteiger partial charge in [0.1, 0.15) is 0 Å². The quantitative estimate of drug-likeness (QED) is 0.733. The zero-order valence-corrected chi connectivity index (χ0v) is 17.9. The topological polar surface area (TPSA) is 104 Å². The van der Waals surface area contributed by atoms with E-state index in [2.05, 4.69) is 5.32 Å². The molecule has 0 aromatic heterocycles. The Labute approximate surface area is 176 Å². The van der Waals surface area contributed by atoms with Crippen LogP contribution in [0.5, 0.6) is 0 Å². The molecule has 0 aliphatic carbocycles. The number of carboxylic acid groups (broad SMARTS) is 1. The van der Waals surface area contributed by atoms with Gasteiger partial charge in [-0.3, -0.25) is 4.79 Å². The lowest BCUT2D eigenvalue weighted by molar-refractivity contribution is -0.126. The SMILES string of the molecule is Cc1ccc(S(=O)(=O)N2CCC(C(=O)NCc3cccc(C(=O)O)c3)CC2)cc1C. The number of nitrogens with zero attached hydrogens (tertiary/aromatic N) is 1. The number of carboxylic acids is 1. The first-order chi connectivity index (χ1) is 14.2. The first-order valence-corrected chi connectivity index (χ1v) is 11.3. The van der Waals surface area contributed by atoms with Crippen LogP contribution in [0, 0.1) is 19.8 Å². The van der Waals surface area contributed by atoms with Crippen LogP contribution < -0.4 is 5.32 Å². The van der Waals surface area contributed by atoms with E-state index in [1.54, 1.807) is 24.3 Å². The van der Waals surface area contributed by atoms with Crippen LogP contribution in [0.2, 0.25) is 0 Å². The van der Waals surface area contributed by atoms with Gasteiger partial charge in [-0.25, -0.2) is 13.2 Å². The van der Waals surface area contributed by atoms with Crippen molar-refractivity contribution in [3.8, 4) is 0 Å². The number of amides is 1. The largest absolute Gasteiger partial charge is 0.478 e. The van der Waals surface area contributed by atoms with Crippen molar-refractivity contribution >= 4 is 21.9 Å². The Morgan fingerprint density at radius 3 is 2.40 bits per heavy atom. The summed E-state index contributed by atoms with van der Waals surface area (Å²) in [6, 6.07) is 11.5. The van der Waals surface area contributed by atoms with Crippen LogP contribution in [0.1, 0.15) is 39.9 Å². The second-order valence-electron chi connectivity index (χ2n) is 7.65. The van der Waals surface area contributed by atoms with E-state index in [9.17, 15) is 18.0 Å². The molecule has 2 aromatic rings. The molecule has 0 spiro atoms. The molecule has 0 unspecified atom stereocenters. The number of sulfonamides is 1. The zero-order chi connectivity index (χ0) is 21.9. The molecular formula is C22H26N2O5S. The Bertz CT molecular complexity index is 1060. The number of hydrogen-bond donors (Lipinski definition) is 2. The van der Waals surface area contributed by atoms with E-state index >= 15 is 0 Å². The highest BCUT2D eigenvalue weighted by Gasteiger charge is 2.32. The van der Waals surface area contributed by atoms with Gasteiger partial charge in [-0.05, 0) is 67.6 Å². The number of carbonyl (C=O) groups is 2. The summed E-state index contributed by atoms with van der Waals surface area (Å²) >= 11 is 0. The number of aryl methyl sites for hydroxylation is 2. The van der Waals surface area contributed by atoms with Crippen LogP contribution in [0.4, 0.5) is 0 Å². The molecule has 1 amide bonds. The van der Waals surface area contributed by atoms with E-state index in [1.165, 1.54) is 16.4 Å². The maximum Gasteiger partial charge on any atom is 0.335 e. The Morgan fingerprint density at radius 2 is 1.77 bits per heavy atom. The summed E-state index contributed by atoms with van der Waals surface area (Å²) in [6.07, 6.45) is 0.899. The lowest BCUT2D eigenvalue weighted by atomic mass is 9.97. The molecule has 0 saturated carbocycles. The fourth-order valence-electron chi connectivity index (χ4n) is 3.53. The van der Waals surface area contributed by atoms with Crippen molar-refractivity contribution in [3.63, 3.8) is 0 Å². The van der Waals surface area contributed by atoms with Crippen molar-refractivity contribution in [2.45, 2.75) is 38.1 Å². The van der Waals surface area contributed by atoms with Gasteiger partial charge in [0.15, 0.2) is 0 Å². The molecule has 0 bridgehead atoms. The van der Waals surface area contributed by atoms with Gasteiger partial charge < -0.3 is 10.4 Å². The molecule has 160 valence electrons. The summed E-state index contributed by atoms with van der Waals surface area (Å²) in [5.74, 6) is -1.42. The van der Waals surface area contributed by atoms with Crippen LogP contribution >= 0.6 is 0 Å². The Morgan fingerprint density at radius 1 is 1.07 bits per heavy atom. The summed E-state index contributed by atoms with van der Waals surface area (Å²) in [6.45, 7) is 4.65. The van der Waals surface area contributed by atoms with Crippen molar-refractivity contribution in [2.24, 2.45) is 5.92 Å². The monoisotopic (exact) mass is 430 g/mol. The second kappa shape index (κ2) is 8.97. The van der Waals surface area contributed by atoms with Crippen LogP contribution in [0.15, 0.2) is 47.4 Å². The molecule has 1 aliphatic heterocycles. The molecule has 3 rings (SSSR count).